The van der Waals surface area contributed by atoms with E-state index in [2.05, 4.69) is 4.99 Å². The monoisotopic (exact) mass is 138 g/mol. The Hall–Kier alpha value is -1.83. The zero-order chi connectivity index (χ0) is 7.72. The van der Waals surface area contributed by atoms with E-state index in [0.717, 1.165) is 0 Å². The molecule has 0 radical (unpaired) electrons. The van der Waals surface area contributed by atoms with E-state index >= 15 is 0 Å². The third-order valence-corrected chi connectivity index (χ3v) is 1.04. The Morgan fingerprint density at radius 1 is 1.40 bits per heavy atom. The van der Waals surface area contributed by atoms with Gasteiger partial charge >= 0.3 is 0 Å². The lowest BCUT2D eigenvalue weighted by molar-refractivity contribution is 0.382. The zero-order valence-electron chi connectivity index (χ0n) is 4.70. The summed E-state index contributed by atoms with van der Waals surface area (Å²) in [7, 11) is 0. The van der Waals surface area contributed by atoms with Crippen molar-refractivity contribution in [3.63, 3.8) is 0 Å². The van der Waals surface area contributed by atoms with Crippen molar-refractivity contribution in [3.8, 4) is 17.7 Å². The van der Waals surface area contributed by atoms with Gasteiger partial charge in [0.1, 0.15) is 0 Å². The minimum absolute atomic E-state index is 0.375. The van der Waals surface area contributed by atoms with Gasteiger partial charge in [0.05, 0.1) is 0 Å². The summed E-state index contributed by atoms with van der Waals surface area (Å²) in [6, 6.07) is 0. The van der Waals surface area contributed by atoms with Crippen LogP contribution >= 0.6 is 0 Å². The molecule has 0 saturated heterocycles. The van der Waals surface area contributed by atoms with Crippen molar-refractivity contribution >= 4 is 0 Å². The molecule has 2 N–H and O–H groups in total. The summed E-state index contributed by atoms with van der Waals surface area (Å²) in [5.41, 5.74) is -0.793. The van der Waals surface area contributed by atoms with E-state index in [-0.39, 0.29) is 5.36 Å². The maximum Gasteiger partial charge on any atom is 0.254 e. The average Bonchev–Trinajstić information content (AvgIpc) is 1.98. The summed E-state index contributed by atoms with van der Waals surface area (Å²) in [5, 5.41) is 24.6. The minimum Gasteiger partial charge on any atom is -0.503 e. The Morgan fingerprint density at radius 2 is 2.00 bits per heavy atom. The lowest BCUT2D eigenvalue weighted by Gasteiger charge is -1.96. The molecule has 0 unspecified atom stereocenters. The van der Waals surface area contributed by atoms with Crippen LogP contribution in [0.2, 0.25) is 0 Å². The van der Waals surface area contributed by atoms with Gasteiger partial charge in [-0.15, -0.1) is 0 Å². The quantitative estimate of drug-likeness (QED) is 0.436. The van der Waals surface area contributed by atoms with E-state index in [1.165, 1.54) is 6.19 Å². The second-order valence-corrected chi connectivity index (χ2v) is 1.59. The maximum absolute atomic E-state index is 10.4. The normalized spacial score (nSPS) is 11.7. The van der Waals surface area contributed by atoms with Gasteiger partial charge in [0.25, 0.3) is 5.43 Å². The molecule has 5 heteroatoms. The lowest BCUT2D eigenvalue weighted by Crippen LogP contribution is -2.30. The van der Waals surface area contributed by atoms with Crippen LogP contribution in [-0.4, -0.2) is 10.2 Å². The van der Waals surface area contributed by atoms with Crippen LogP contribution in [0.15, 0.2) is 9.79 Å². The van der Waals surface area contributed by atoms with Crippen LogP contribution in [0.1, 0.15) is 0 Å². The fourth-order valence-corrected chi connectivity index (χ4v) is 0.531. The SMILES string of the molecule is N#C/N=c1/c(O)c(O)c1=O. The molecule has 0 aliphatic heterocycles. The lowest BCUT2D eigenvalue weighted by atomic mass is 10.2. The molecule has 1 aromatic rings. The van der Waals surface area contributed by atoms with E-state index in [0.29, 0.717) is 0 Å². The molecule has 0 saturated carbocycles. The largest absolute Gasteiger partial charge is 0.503 e. The van der Waals surface area contributed by atoms with Crippen LogP contribution in [0, 0.1) is 11.5 Å². The number of aromatic hydroxyl groups is 2. The highest BCUT2D eigenvalue weighted by Gasteiger charge is 2.16. The van der Waals surface area contributed by atoms with Gasteiger partial charge in [-0.2, -0.15) is 10.3 Å². The van der Waals surface area contributed by atoms with Crippen LogP contribution in [-0.2, 0) is 0 Å². The van der Waals surface area contributed by atoms with E-state index in [1.807, 2.05) is 0 Å². The van der Waals surface area contributed by atoms with Crippen LogP contribution in [0.4, 0.5) is 0 Å². The molecule has 0 amide bonds. The molecule has 0 fully saturated rings. The molecule has 1 aromatic carbocycles. The summed E-state index contributed by atoms with van der Waals surface area (Å²) in [6.07, 6.45) is 1.31. The average molecular weight is 138 g/mol. The first-order chi connectivity index (χ1) is 4.68. The molecular weight excluding hydrogens is 136 g/mol. The predicted molar refractivity (Wildman–Crippen MR) is 29.6 cm³/mol. The van der Waals surface area contributed by atoms with Gasteiger partial charge in [-0.25, -0.2) is 0 Å². The summed E-state index contributed by atoms with van der Waals surface area (Å²) in [5.74, 6) is -1.33. The Kier molecular flexibility index (Phi) is 1.16. The molecule has 0 aliphatic carbocycles. The van der Waals surface area contributed by atoms with E-state index in [9.17, 15) is 4.79 Å². The molecule has 0 aliphatic rings. The van der Waals surface area contributed by atoms with Crippen LogP contribution in [0.5, 0.6) is 11.5 Å². The second kappa shape index (κ2) is 1.84. The van der Waals surface area contributed by atoms with Gasteiger partial charge in [-0.05, 0) is 0 Å². The summed E-state index contributed by atoms with van der Waals surface area (Å²) in [4.78, 5) is 13.4. The Bertz CT molecular complexity index is 378. The van der Waals surface area contributed by atoms with Crippen molar-refractivity contribution in [2.75, 3.05) is 0 Å². The highest BCUT2D eigenvalue weighted by atomic mass is 16.3. The molecule has 0 heterocycles. The molecule has 0 atom stereocenters. The van der Waals surface area contributed by atoms with Gasteiger partial charge in [0.15, 0.2) is 11.1 Å². The van der Waals surface area contributed by atoms with Gasteiger partial charge < -0.3 is 10.2 Å². The minimum atomic E-state index is -0.793. The number of rotatable bonds is 0. The molecule has 5 nitrogen and oxygen atoms in total. The first-order valence-electron chi connectivity index (χ1n) is 2.32. The first-order valence-corrected chi connectivity index (χ1v) is 2.32. The molecule has 10 heavy (non-hydrogen) atoms. The van der Waals surface area contributed by atoms with Gasteiger partial charge in [0.2, 0.25) is 11.9 Å². The number of nitriles is 1. The van der Waals surface area contributed by atoms with Crippen molar-refractivity contribution in [3.05, 3.63) is 15.6 Å². The van der Waals surface area contributed by atoms with Crippen molar-refractivity contribution in [2.24, 2.45) is 4.99 Å². The van der Waals surface area contributed by atoms with Crippen molar-refractivity contribution in [1.29, 1.82) is 5.26 Å². The highest BCUT2D eigenvalue weighted by molar-refractivity contribution is 5.42. The van der Waals surface area contributed by atoms with Crippen molar-refractivity contribution in [2.45, 2.75) is 0 Å². The van der Waals surface area contributed by atoms with Crippen LogP contribution < -0.4 is 10.8 Å². The van der Waals surface area contributed by atoms with Crippen molar-refractivity contribution < 1.29 is 10.2 Å². The molecular formula is C5H2N2O3. The third kappa shape index (κ3) is 0.559. The summed E-state index contributed by atoms with van der Waals surface area (Å²) in [6.45, 7) is 0. The van der Waals surface area contributed by atoms with E-state index in [4.69, 9.17) is 15.5 Å². The van der Waals surface area contributed by atoms with E-state index in [1.54, 1.807) is 0 Å². The molecule has 0 spiro atoms. The smallest absolute Gasteiger partial charge is 0.254 e. The number of hydrogen-bond acceptors (Lipinski definition) is 5. The molecule has 1 rings (SSSR count). The Balaban J connectivity index is 3.40. The van der Waals surface area contributed by atoms with Gasteiger partial charge in [-0.1, -0.05) is 0 Å². The fraction of sp³-hybridized carbons (Fsp3) is 0. The van der Waals surface area contributed by atoms with Crippen molar-refractivity contribution in [1.82, 2.24) is 0 Å². The fourth-order valence-electron chi connectivity index (χ4n) is 0.531. The summed E-state index contributed by atoms with van der Waals surface area (Å²) < 4.78 is 0. The standard InChI is InChI=1S/C5H2N2O3/c6-1-7-2-3(8)5(10)4(2)9/h8,10H/b7-2-. The van der Waals surface area contributed by atoms with E-state index < -0.39 is 16.9 Å². The zero-order valence-corrected chi connectivity index (χ0v) is 4.70. The predicted octanol–water partition coefficient (Wildman–Crippen LogP) is -1.28. The maximum atomic E-state index is 10.4. The topological polar surface area (TPSA) is 93.7 Å². The third-order valence-electron chi connectivity index (χ3n) is 1.04. The number of nitrogens with zero attached hydrogens (tertiary/aromatic N) is 2. The van der Waals surface area contributed by atoms with Crippen LogP contribution in [0.25, 0.3) is 0 Å². The first kappa shape index (κ1) is 6.29. The second-order valence-electron chi connectivity index (χ2n) is 1.59. The molecule has 0 bridgehead atoms. The Labute approximate surface area is 54.8 Å². The molecule has 50 valence electrons. The van der Waals surface area contributed by atoms with Gasteiger partial charge in [-0.3, -0.25) is 4.79 Å². The summed E-state index contributed by atoms with van der Waals surface area (Å²) >= 11 is 0. The Morgan fingerprint density at radius 3 is 2.40 bits per heavy atom. The molecule has 0 aromatic heterocycles. The van der Waals surface area contributed by atoms with Crippen LogP contribution in [0.3, 0.4) is 0 Å². The highest BCUT2D eigenvalue weighted by Crippen LogP contribution is 2.14. The number of hydrogen-bond donors (Lipinski definition) is 2. The van der Waals surface area contributed by atoms with Gasteiger partial charge in [0, 0.05) is 0 Å².